The Bertz CT molecular complexity index is 746. The molecule has 0 fully saturated rings. The summed E-state index contributed by atoms with van der Waals surface area (Å²) in [5, 5.41) is 6.14. The molecule has 2 N–H and O–H groups in total. The number of aryl methyl sites for hydroxylation is 1. The molecule has 1 heterocycles. The Morgan fingerprint density at radius 2 is 2.00 bits per heavy atom. The molecule has 0 unspecified atom stereocenters. The second kappa shape index (κ2) is 10.0. The quantitative estimate of drug-likeness (QED) is 0.310. The molecular formula is C17H21FIN3O3. The van der Waals surface area contributed by atoms with E-state index in [-0.39, 0.29) is 29.8 Å². The zero-order valence-corrected chi connectivity index (χ0v) is 16.6. The van der Waals surface area contributed by atoms with Gasteiger partial charge in [-0.15, -0.1) is 24.0 Å². The predicted molar refractivity (Wildman–Crippen MR) is 104 cm³/mol. The lowest BCUT2D eigenvalue weighted by atomic mass is 10.2. The summed E-state index contributed by atoms with van der Waals surface area (Å²) in [7, 11) is 2.96. The maximum atomic E-state index is 13.2. The molecule has 0 saturated carbocycles. The van der Waals surface area contributed by atoms with E-state index in [4.69, 9.17) is 4.42 Å². The highest BCUT2D eigenvalue weighted by atomic mass is 127. The van der Waals surface area contributed by atoms with E-state index >= 15 is 0 Å². The fourth-order valence-electron chi connectivity index (χ4n) is 2.17. The van der Waals surface area contributed by atoms with Crippen LogP contribution in [0.2, 0.25) is 0 Å². The number of nitrogens with one attached hydrogen (secondary N) is 2. The number of hydrogen-bond acceptors (Lipinski definition) is 4. The van der Waals surface area contributed by atoms with E-state index in [0.717, 1.165) is 5.56 Å². The van der Waals surface area contributed by atoms with Crippen LogP contribution in [-0.2, 0) is 17.8 Å². The number of nitrogens with zero attached hydrogens (tertiary/aromatic N) is 1. The summed E-state index contributed by atoms with van der Waals surface area (Å²) in [5.74, 6) is 0.908. The van der Waals surface area contributed by atoms with Crippen molar-refractivity contribution in [3.63, 3.8) is 0 Å². The van der Waals surface area contributed by atoms with Crippen LogP contribution in [0, 0.1) is 12.7 Å². The first-order chi connectivity index (χ1) is 11.5. The van der Waals surface area contributed by atoms with Gasteiger partial charge in [-0.1, -0.05) is 12.1 Å². The summed E-state index contributed by atoms with van der Waals surface area (Å²) < 4.78 is 23.4. The number of methoxy groups -OCH3 is 1. The largest absolute Gasteiger partial charge is 0.465 e. The number of benzene rings is 1. The van der Waals surface area contributed by atoms with Crippen molar-refractivity contribution in [2.45, 2.75) is 20.0 Å². The Morgan fingerprint density at radius 3 is 2.64 bits per heavy atom. The molecule has 0 amide bonds. The third kappa shape index (κ3) is 6.04. The van der Waals surface area contributed by atoms with Crippen LogP contribution < -0.4 is 10.6 Å². The van der Waals surface area contributed by atoms with E-state index in [1.54, 1.807) is 26.1 Å². The average molecular weight is 461 g/mol. The maximum Gasteiger partial charge on any atom is 0.341 e. The Kier molecular flexibility index (Phi) is 8.39. The van der Waals surface area contributed by atoms with Crippen LogP contribution in [0.3, 0.4) is 0 Å². The third-order valence-corrected chi connectivity index (χ3v) is 3.38. The van der Waals surface area contributed by atoms with Crippen molar-refractivity contribution in [2.75, 3.05) is 14.2 Å². The van der Waals surface area contributed by atoms with Gasteiger partial charge < -0.3 is 19.8 Å². The Balaban J connectivity index is 0.00000312. The van der Waals surface area contributed by atoms with Crippen LogP contribution >= 0.6 is 24.0 Å². The number of aliphatic imine (C=N–C) groups is 1. The van der Waals surface area contributed by atoms with Crippen molar-refractivity contribution >= 4 is 35.9 Å². The minimum absolute atomic E-state index is 0. The zero-order valence-electron chi connectivity index (χ0n) is 14.3. The second-order valence-corrected chi connectivity index (χ2v) is 5.08. The van der Waals surface area contributed by atoms with Crippen molar-refractivity contribution in [2.24, 2.45) is 4.99 Å². The van der Waals surface area contributed by atoms with Gasteiger partial charge in [0.1, 0.15) is 22.9 Å². The summed E-state index contributed by atoms with van der Waals surface area (Å²) in [6, 6.07) is 7.96. The van der Waals surface area contributed by atoms with Crippen molar-refractivity contribution in [3.8, 4) is 0 Å². The highest BCUT2D eigenvalue weighted by Crippen LogP contribution is 2.15. The summed E-state index contributed by atoms with van der Waals surface area (Å²) in [6.45, 7) is 2.48. The molecule has 0 aliphatic heterocycles. The molecule has 0 bridgehead atoms. The van der Waals surface area contributed by atoms with Gasteiger partial charge in [-0.05, 0) is 30.7 Å². The van der Waals surface area contributed by atoms with Gasteiger partial charge in [0.05, 0.1) is 13.7 Å². The number of carbonyl (C=O) groups excluding carboxylic acids is 1. The highest BCUT2D eigenvalue weighted by molar-refractivity contribution is 14.0. The fraction of sp³-hybridized carbons (Fsp3) is 0.294. The summed E-state index contributed by atoms with van der Waals surface area (Å²) >= 11 is 0. The molecule has 1 aromatic heterocycles. The van der Waals surface area contributed by atoms with E-state index in [0.29, 0.717) is 36.1 Å². The lowest BCUT2D eigenvalue weighted by molar-refractivity contribution is 0.0599. The van der Waals surface area contributed by atoms with Gasteiger partial charge in [0.2, 0.25) is 0 Å². The Labute approximate surface area is 162 Å². The van der Waals surface area contributed by atoms with Crippen LogP contribution in [0.1, 0.15) is 27.4 Å². The smallest absolute Gasteiger partial charge is 0.341 e. The molecule has 0 radical (unpaired) electrons. The third-order valence-electron chi connectivity index (χ3n) is 3.38. The molecule has 0 aliphatic carbocycles. The monoisotopic (exact) mass is 461 g/mol. The average Bonchev–Trinajstić information content (AvgIpc) is 2.95. The number of ether oxygens (including phenoxy) is 1. The predicted octanol–water partition coefficient (Wildman–Crippen LogP) is 3.00. The van der Waals surface area contributed by atoms with E-state index in [1.165, 1.54) is 19.2 Å². The molecule has 0 atom stereocenters. The van der Waals surface area contributed by atoms with E-state index in [9.17, 15) is 9.18 Å². The zero-order chi connectivity index (χ0) is 17.5. The Hall–Kier alpha value is -2.10. The molecule has 25 heavy (non-hydrogen) atoms. The number of esters is 1. The van der Waals surface area contributed by atoms with Gasteiger partial charge in [0.15, 0.2) is 5.96 Å². The van der Waals surface area contributed by atoms with Crippen LogP contribution in [0.25, 0.3) is 0 Å². The van der Waals surface area contributed by atoms with Crippen molar-refractivity contribution in [1.82, 2.24) is 10.6 Å². The van der Waals surface area contributed by atoms with Gasteiger partial charge in [-0.3, -0.25) is 4.99 Å². The van der Waals surface area contributed by atoms with E-state index in [1.807, 2.05) is 6.07 Å². The van der Waals surface area contributed by atoms with Crippen molar-refractivity contribution in [3.05, 3.63) is 58.8 Å². The van der Waals surface area contributed by atoms with Crippen LogP contribution in [0.5, 0.6) is 0 Å². The van der Waals surface area contributed by atoms with Gasteiger partial charge in [-0.25, -0.2) is 9.18 Å². The molecule has 0 spiro atoms. The lowest BCUT2D eigenvalue weighted by Crippen LogP contribution is -2.36. The molecule has 2 aromatic rings. The number of halogens is 2. The number of guanidine groups is 1. The van der Waals surface area contributed by atoms with E-state index < -0.39 is 5.97 Å². The maximum absolute atomic E-state index is 13.2. The molecule has 2 rings (SSSR count). The van der Waals surface area contributed by atoms with Gasteiger partial charge in [0.25, 0.3) is 0 Å². The number of carbonyl (C=O) groups is 1. The molecule has 8 heteroatoms. The minimum atomic E-state index is -0.434. The summed E-state index contributed by atoms with van der Waals surface area (Å²) in [4.78, 5) is 15.6. The Morgan fingerprint density at radius 1 is 1.28 bits per heavy atom. The van der Waals surface area contributed by atoms with Crippen molar-refractivity contribution < 1.29 is 18.3 Å². The van der Waals surface area contributed by atoms with Gasteiger partial charge in [0, 0.05) is 13.6 Å². The molecule has 6 nitrogen and oxygen atoms in total. The standard InChI is InChI=1S/C17H20FN3O3.HI/c1-11-15(16(22)23-3)8-14(24-11)10-21-17(19-2)20-9-12-5-4-6-13(18)7-12;/h4-8H,9-10H2,1-3H3,(H2,19,20,21);1H. The lowest BCUT2D eigenvalue weighted by Gasteiger charge is -2.11. The van der Waals surface area contributed by atoms with Gasteiger partial charge >= 0.3 is 5.97 Å². The van der Waals surface area contributed by atoms with Crippen LogP contribution in [-0.4, -0.2) is 26.1 Å². The van der Waals surface area contributed by atoms with Gasteiger partial charge in [-0.2, -0.15) is 0 Å². The SMILES string of the molecule is CN=C(NCc1cccc(F)c1)NCc1cc(C(=O)OC)c(C)o1.I. The molecular weight excluding hydrogens is 440 g/mol. The molecule has 0 saturated heterocycles. The molecule has 0 aliphatic rings. The number of furan rings is 1. The number of rotatable bonds is 5. The van der Waals surface area contributed by atoms with Crippen molar-refractivity contribution in [1.29, 1.82) is 0 Å². The fourth-order valence-corrected chi connectivity index (χ4v) is 2.17. The number of hydrogen-bond donors (Lipinski definition) is 2. The van der Waals surface area contributed by atoms with Crippen LogP contribution in [0.15, 0.2) is 39.7 Å². The van der Waals surface area contributed by atoms with E-state index in [2.05, 4.69) is 20.4 Å². The second-order valence-electron chi connectivity index (χ2n) is 5.08. The summed E-state index contributed by atoms with van der Waals surface area (Å²) in [5.41, 5.74) is 1.21. The minimum Gasteiger partial charge on any atom is -0.465 e. The summed E-state index contributed by atoms with van der Waals surface area (Å²) in [6.07, 6.45) is 0. The first-order valence-corrected chi connectivity index (χ1v) is 7.40. The molecule has 136 valence electrons. The first-order valence-electron chi connectivity index (χ1n) is 7.40. The molecule has 1 aromatic carbocycles. The topological polar surface area (TPSA) is 75.9 Å². The highest BCUT2D eigenvalue weighted by Gasteiger charge is 2.15. The normalized spacial score (nSPS) is 10.8. The van der Waals surface area contributed by atoms with Crippen LogP contribution in [0.4, 0.5) is 4.39 Å². The first kappa shape index (κ1) is 20.9.